The van der Waals surface area contributed by atoms with Crippen molar-refractivity contribution in [2.24, 2.45) is 0 Å². The highest BCUT2D eigenvalue weighted by Crippen LogP contribution is 2.34. The van der Waals surface area contributed by atoms with Gasteiger partial charge < -0.3 is 14.4 Å². The van der Waals surface area contributed by atoms with Crippen LogP contribution in [0.4, 0.5) is 5.69 Å². The Morgan fingerprint density at radius 1 is 1.38 bits per heavy atom. The molecular formula is C16H16N4O. The Bertz CT molecular complexity index is 787. The fourth-order valence-electron chi connectivity index (χ4n) is 2.89. The standard InChI is InChI=1S/C16H16N4O/c1-11-7-13(19-21-11)9-20-10-17-8-15(20)14-4-2-3-12-5-6-18-16(12)14/h2-4,7-8,10,18H,5-6,9H2,1H3. The molecule has 5 heteroatoms. The largest absolute Gasteiger partial charge is 0.384 e. The summed E-state index contributed by atoms with van der Waals surface area (Å²) in [7, 11) is 0. The number of imidazole rings is 1. The molecule has 1 aliphatic heterocycles. The van der Waals surface area contributed by atoms with Crippen LogP contribution in [0.1, 0.15) is 17.0 Å². The molecule has 4 rings (SSSR count). The number of nitrogens with zero attached hydrogens (tertiary/aromatic N) is 3. The molecule has 0 aliphatic carbocycles. The molecule has 0 spiro atoms. The predicted octanol–water partition coefficient (Wildman–Crippen LogP) is 2.86. The van der Waals surface area contributed by atoms with Crippen molar-refractivity contribution >= 4 is 5.69 Å². The van der Waals surface area contributed by atoms with Gasteiger partial charge in [-0.1, -0.05) is 23.4 Å². The summed E-state index contributed by atoms with van der Waals surface area (Å²) < 4.78 is 7.24. The van der Waals surface area contributed by atoms with Gasteiger partial charge in [-0.15, -0.1) is 0 Å². The monoisotopic (exact) mass is 280 g/mol. The van der Waals surface area contributed by atoms with Crippen LogP contribution in [0.3, 0.4) is 0 Å². The number of aromatic nitrogens is 3. The number of fused-ring (bicyclic) bond motifs is 1. The fourth-order valence-corrected chi connectivity index (χ4v) is 2.89. The number of para-hydroxylation sites is 1. The molecule has 0 bridgehead atoms. The molecular weight excluding hydrogens is 264 g/mol. The van der Waals surface area contributed by atoms with Crippen molar-refractivity contribution in [2.45, 2.75) is 19.9 Å². The molecule has 1 aliphatic rings. The molecule has 1 N–H and O–H groups in total. The fraction of sp³-hybridized carbons (Fsp3) is 0.250. The molecule has 0 fully saturated rings. The summed E-state index contributed by atoms with van der Waals surface area (Å²) in [6.45, 7) is 3.57. The molecule has 0 radical (unpaired) electrons. The number of hydrogen-bond donors (Lipinski definition) is 1. The second kappa shape index (κ2) is 4.77. The van der Waals surface area contributed by atoms with Gasteiger partial charge in [0, 0.05) is 23.9 Å². The van der Waals surface area contributed by atoms with Gasteiger partial charge in [0.2, 0.25) is 0 Å². The van der Waals surface area contributed by atoms with Gasteiger partial charge in [-0.25, -0.2) is 4.98 Å². The first-order valence-corrected chi connectivity index (χ1v) is 7.10. The SMILES string of the molecule is Cc1cc(Cn2cncc2-c2cccc3c2NCC3)no1. The van der Waals surface area contributed by atoms with Crippen molar-refractivity contribution in [1.29, 1.82) is 0 Å². The lowest BCUT2D eigenvalue weighted by Gasteiger charge is -2.11. The number of benzene rings is 1. The zero-order valence-electron chi connectivity index (χ0n) is 11.8. The maximum absolute atomic E-state index is 5.14. The zero-order chi connectivity index (χ0) is 14.2. The lowest BCUT2D eigenvalue weighted by Crippen LogP contribution is -2.02. The van der Waals surface area contributed by atoms with E-state index in [2.05, 4.69) is 38.2 Å². The average molecular weight is 280 g/mol. The Labute approximate surface area is 122 Å². The normalized spacial score (nSPS) is 13.2. The van der Waals surface area contributed by atoms with Crippen LogP contribution in [0.15, 0.2) is 41.3 Å². The Balaban J connectivity index is 1.74. The van der Waals surface area contributed by atoms with Crippen molar-refractivity contribution in [3.8, 4) is 11.3 Å². The number of nitrogens with one attached hydrogen (secondary N) is 1. The third-order valence-electron chi connectivity index (χ3n) is 3.84. The molecule has 0 saturated heterocycles. The van der Waals surface area contributed by atoms with E-state index >= 15 is 0 Å². The second-order valence-corrected chi connectivity index (χ2v) is 5.35. The van der Waals surface area contributed by atoms with Crippen molar-refractivity contribution < 1.29 is 4.52 Å². The topological polar surface area (TPSA) is 55.9 Å². The predicted molar refractivity (Wildman–Crippen MR) is 80.2 cm³/mol. The minimum atomic E-state index is 0.663. The van der Waals surface area contributed by atoms with E-state index < -0.39 is 0 Å². The molecule has 0 unspecified atom stereocenters. The van der Waals surface area contributed by atoms with Crippen molar-refractivity contribution in [3.05, 3.63) is 53.8 Å². The summed E-state index contributed by atoms with van der Waals surface area (Å²) in [6.07, 6.45) is 4.83. The highest BCUT2D eigenvalue weighted by Gasteiger charge is 2.17. The minimum Gasteiger partial charge on any atom is -0.384 e. The Morgan fingerprint density at radius 3 is 3.19 bits per heavy atom. The third-order valence-corrected chi connectivity index (χ3v) is 3.84. The van der Waals surface area contributed by atoms with Gasteiger partial charge in [-0.05, 0) is 18.9 Å². The first-order valence-electron chi connectivity index (χ1n) is 7.10. The number of aryl methyl sites for hydroxylation is 1. The minimum absolute atomic E-state index is 0.663. The highest BCUT2D eigenvalue weighted by molar-refractivity contribution is 5.79. The Kier molecular flexibility index (Phi) is 2.77. The van der Waals surface area contributed by atoms with E-state index in [0.717, 1.165) is 30.1 Å². The van der Waals surface area contributed by atoms with E-state index in [1.807, 2.05) is 25.5 Å². The molecule has 2 aromatic heterocycles. The van der Waals surface area contributed by atoms with E-state index in [0.29, 0.717) is 6.54 Å². The van der Waals surface area contributed by atoms with Crippen LogP contribution in [0.5, 0.6) is 0 Å². The summed E-state index contributed by atoms with van der Waals surface area (Å²) in [4.78, 5) is 4.30. The van der Waals surface area contributed by atoms with Gasteiger partial charge in [0.05, 0.1) is 24.8 Å². The van der Waals surface area contributed by atoms with E-state index in [9.17, 15) is 0 Å². The van der Waals surface area contributed by atoms with Crippen LogP contribution < -0.4 is 5.32 Å². The van der Waals surface area contributed by atoms with E-state index in [4.69, 9.17) is 4.52 Å². The summed E-state index contributed by atoms with van der Waals surface area (Å²) in [6, 6.07) is 8.38. The Hall–Kier alpha value is -2.56. The molecule has 3 heterocycles. The maximum Gasteiger partial charge on any atom is 0.133 e. The Morgan fingerprint density at radius 2 is 2.33 bits per heavy atom. The lowest BCUT2D eigenvalue weighted by atomic mass is 10.1. The molecule has 21 heavy (non-hydrogen) atoms. The van der Waals surface area contributed by atoms with Gasteiger partial charge in [-0.2, -0.15) is 0 Å². The van der Waals surface area contributed by atoms with Crippen LogP contribution in [0, 0.1) is 6.92 Å². The molecule has 3 aromatic rings. The van der Waals surface area contributed by atoms with Gasteiger partial charge in [0.25, 0.3) is 0 Å². The summed E-state index contributed by atoms with van der Waals surface area (Å²) in [5, 5.41) is 7.54. The molecule has 0 atom stereocenters. The quantitative estimate of drug-likeness (QED) is 0.801. The number of rotatable bonds is 3. The first kappa shape index (κ1) is 12.2. The molecule has 0 saturated carbocycles. The van der Waals surface area contributed by atoms with E-state index in [1.165, 1.54) is 16.8 Å². The zero-order valence-corrected chi connectivity index (χ0v) is 11.8. The van der Waals surface area contributed by atoms with Crippen molar-refractivity contribution in [2.75, 3.05) is 11.9 Å². The molecule has 5 nitrogen and oxygen atoms in total. The van der Waals surface area contributed by atoms with Crippen molar-refractivity contribution in [1.82, 2.24) is 14.7 Å². The van der Waals surface area contributed by atoms with Gasteiger partial charge >= 0.3 is 0 Å². The van der Waals surface area contributed by atoms with Crippen LogP contribution in [-0.2, 0) is 13.0 Å². The summed E-state index contributed by atoms with van der Waals surface area (Å²) >= 11 is 0. The van der Waals surface area contributed by atoms with Crippen molar-refractivity contribution in [3.63, 3.8) is 0 Å². The lowest BCUT2D eigenvalue weighted by molar-refractivity contribution is 0.389. The van der Waals surface area contributed by atoms with Gasteiger partial charge in [-0.3, -0.25) is 0 Å². The van der Waals surface area contributed by atoms with E-state index in [-0.39, 0.29) is 0 Å². The smallest absolute Gasteiger partial charge is 0.133 e. The molecule has 0 amide bonds. The molecule has 106 valence electrons. The third kappa shape index (κ3) is 2.11. The molecule has 1 aromatic carbocycles. The average Bonchev–Trinajstić information content (AvgIpc) is 3.19. The summed E-state index contributed by atoms with van der Waals surface area (Å²) in [5.74, 6) is 0.828. The number of hydrogen-bond acceptors (Lipinski definition) is 4. The van der Waals surface area contributed by atoms with Crippen LogP contribution in [-0.4, -0.2) is 21.3 Å². The number of anilines is 1. The van der Waals surface area contributed by atoms with Gasteiger partial charge in [0.15, 0.2) is 0 Å². The second-order valence-electron chi connectivity index (χ2n) is 5.35. The van der Waals surface area contributed by atoms with E-state index in [1.54, 1.807) is 0 Å². The first-order chi connectivity index (χ1) is 10.3. The van der Waals surface area contributed by atoms with Crippen LogP contribution in [0.25, 0.3) is 11.3 Å². The van der Waals surface area contributed by atoms with Crippen LogP contribution in [0.2, 0.25) is 0 Å². The van der Waals surface area contributed by atoms with Crippen LogP contribution >= 0.6 is 0 Å². The maximum atomic E-state index is 5.14. The summed E-state index contributed by atoms with van der Waals surface area (Å²) in [5.41, 5.74) is 5.81. The highest BCUT2D eigenvalue weighted by atomic mass is 16.5. The van der Waals surface area contributed by atoms with Gasteiger partial charge in [0.1, 0.15) is 11.5 Å².